The van der Waals surface area contributed by atoms with E-state index in [0.717, 1.165) is 51.6 Å². The predicted octanol–water partition coefficient (Wildman–Crippen LogP) is 13.6. The molecule has 11 heteroatoms. The largest absolute Gasteiger partial charge is 0.508 e. The molecule has 0 aromatic heterocycles. The van der Waals surface area contributed by atoms with Crippen LogP contribution in [-0.2, 0) is 10.8 Å². The van der Waals surface area contributed by atoms with Gasteiger partial charge in [0.25, 0.3) is 0 Å². The number of benzene rings is 4. The van der Waals surface area contributed by atoms with Gasteiger partial charge in [0, 0.05) is 50.9 Å². The normalized spacial score (nSPS) is 11.5. The van der Waals surface area contributed by atoms with E-state index in [1.807, 2.05) is 72.1 Å². The molecule has 0 spiro atoms. The van der Waals surface area contributed by atoms with Crippen molar-refractivity contribution in [2.75, 3.05) is 54.8 Å². The smallest absolute Gasteiger partial charge is 0.119 e. The summed E-state index contributed by atoms with van der Waals surface area (Å²) in [6.07, 6.45) is 2.50. The highest BCUT2D eigenvalue weighted by Gasteiger charge is 2.24. The Balaban J connectivity index is 0. The number of phenols is 2. The Hall–Kier alpha value is -1.86. The lowest BCUT2D eigenvalue weighted by Gasteiger charge is -2.26. The summed E-state index contributed by atoms with van der Waals surface area (Å²) < 4.78 is 11.1. The summed E-state index contributed by atoms with van der Waals surface area (Å²) in [6.45, 7) is 22.0. The van der Waals surface area contributed by atoms with Crippen LogP contribution in [0.4, 0.5) is 0 Å². The number of rotatable bonds is 16. The molecular weight excluding hydrogens is 861 g/mol. The van der Waals surface area contributed by atoms with Crippen LogP contribution in [0, 0.1) is 0 Å². The highest BCUT2D eigenvalue weighted by molar-refractivity contribution is 8.01. The zero-order valence-corrected chi connectivity index (χ0v) is 43.4. The van der Waals surface area contributed by atoms with Crippen LogP contribution in [0.1, 0.15) is 104 Å². The summed E-state index contributed by atoms with van der Waals surface area (Å²) in [5, 5.41) is 27.5. The van der Waals surface area contributed by atoms with Crippen LogP contribution in [-0.4, -0.2) is 80.7 Å². The molecule has 4 aromatic carbocycles. The molecule has 0 heterocycles. The van der Waals surface area contributed by atoms with Gasteiger partial charge in [0.15, 0.2) is 0 Å². The van der Waals surface area contributed by atoms with Crippen LogP contribution in [0.3, 0.4) is 0 Å². The summed E-state index contributed by atoms with van der Waals surface area (Å²) in [5.41, 5.74) is 4.53. The van der Waals surface area contributed by atoms with Gasteiger partial charge in [-0.1, -0.05) is 124 Å². The van der Waals surface area contributed by atoms with Crippen molar-refractivity contribution < 1.29 is 24.8 Å². The molecule has 0 aliphatic carbocycles. The van der Waals surface area contributed by atoms with Gasteiger partial charge in [-0.3, -0.25) is 0 Å². The van der Waals surface area contributed by atoms with Gasteiger partial charge in [-0.15, -0.1) is 0 Å². The molecule has 2 unspecified atom stereocenters. The van der Waals surface area contributed by atoms with Gasteiger partial charge in [0.1, 0.15) is 29.6 Å². The fourth-order valence-electron chi connectivity index (χ4n) is 4.93. The van der Waals surface area contributed by atoms with Crippen LogP contribution in [0.5, 0.6) is 23.0 Å². The van der Waals surface area contributed by atoms with Crippen molar-refractivity contribution in [3.63, 3.8) is 0 Å². The number of aliphatic hydroxyl groups excluding tert-OH is 1. The number of aliphatic hydroxyl groups is 1. The fourth-order valence-corrected chi connectivity index (χ4v) is 7.63. The highest BCUT2D eigenvalue weighted by Crippen LogP contribution is 2.34. The van der Waals surface area contributed by atoms with E-state index in [1.165, 1.54) is 29.5 Å². The number of methoxy groups -OCH3 is 1. The number of thioether (sulfide) groups is 2. The first-order valence-corrected chi connectivity index (χ1v) is 25.4. The van der Waals surface area contributed by atoms with E-state index in [1.54, 1.807) is 38.3 Å². The number of phenolic OH excluding ortho intramolecular Hbond substituents is 2. The molecule has 4 aromatic rings. The predicted molar refractivity (Wildman–Crippen MR) is 284 cm³/mol. The third kappa shape index (κ3) is 25.9. The molecule has 60 heavy (non-hydrogen) atoms. The molecule has 5 nitrogen and oxygen atoms in total. The molecular formula is C49H78O5S6. The quantitative estimate of drug-likeness (QED) is 0.0564. The molecule has 0 aliphatic heterocycles. The number of thiol groups is 4. The first kappa shape index (κ1) is 60.2. The van der Waals surface area contributed by atoms with Crippen molar-refractivity contribution >= 4 is 74.0 Å². The second kappa shape index (κ2) is 36.6. The Morgan fingerprint density at radius 3 is 1.17 bits per heavy atom. The lowest BCUT2D eigenvalue weighted by molar-refractivity contribution is 0.318. The van der Waals surface area contributed by atoms with Crippen molar-refractivity contribution in [3.8, 4) is 23.0 Å². The minimum absolute atomic E-state index is 0.0973. The topological polar surface area (TPSA) is 79.2 Å². The minimum Gasteiger partial charge on any atom is -0.508 e. The summed E-state index contributed by atoms with van der Waals surface area (Å²) in [6, 6.07) is 31.1. The van der Waals surface area contributed by atoms with Crippen LogP contribution < -0.4 is 9.47 Å². The first-order valence-electron chi connectivity index (χ1n) is 20.8. The molecule has 2 atom stereocenters. The van der Waals surface area contributed by atoms with Crippen LogP contribution in [0.2, 0.25) is 0 Å². The number of ether oxygens (including phenoxy) is 2. The Kier molecular flexibility index (Phi) is 36.7. The Morgan fingerprint density at radius 2 is 0.867 bits per heavy atom. The first-order chi connectivity index (χ1) is 28.6. The monoisotopic (exact) mass is 938 g/mol. The molecule has 0 saturated heterocycles. The van der Waals surface area contributed by atoms with Gasteiger partial charge >= 0.3 is 0 Å². The van der Waals surface area contributed by atoms with Crippen molar-refractivity contribution in [1.82, 2.24) is 0 Å². The second-order valence-corrected chi connectivity index (χ2v) is 19.2. The van der Waals surface area contributed by atoms with Crippen molar-refractivity contribution in [3.05, 3.63) is 119 Å². The van der Waals surface area contributed by atoms with E-state index < -0.39 is 0 Å². The maximum absolute atomic E-state index is 9.48. The Bertz CT molecular complexity index is 1550. The summed E-state index contributed by atoms with van der Waals surface area (Å²) in [7, 11) is 1.67. The van der Waals surface area contributed by atoms with Crippen molar-refractivity contribution in [2.45, 2.75) is 103 Å². The second-order valence-electron chi connectivity index (χ2n) is 14.6. The summed E-state index contributed by atoms with van der Waals surface area (Å²) in [4.78, 5) is 0. The SMILES string of the molecule is CC(C)(c1ccc(O)cc1)c1ccc(OCC(CS)SCCS)cc1.CC(CS)SCCS.CCC.CCC.CCO.COc1ccc(C(C)(C)c2ccc(O)cc2)cc1. The van der Waals surface area contributed by atoms with E-state index in [4.69, 9.17) is 14.6 Å². The highest BCUT2D eigenvalue weighted by atomic mass is 32.2. The van der Waals surface area contributed by atoms with E-state index in [-0.39, 0.29) is 23.2 Å². The van der Waals surface area contributed by atoms with E-state index >= 15 is 0 Å². The molecule has 0 fully saturated rings. The fraction of sp³-hybridized carbons (Fsp3) is 0.510. The maximum Gasteiger partial charge on any atom is 0.119 e. The standard InChI is InChI=1S/C20H26O2S3.C16H18O2.C5H12S3.2C3H8.C2H6O/c1-20(2,15-3-7-17(21)8-4-15)16-5-9-18(10-6-16)22-13-19(14-24)25-12-11-23;1-16(2,12-4-8-14(17)9-5-12)13-6-10-15(18-3)11-7-13;1-5(4-7)8-3-2-6;2*1-3-2;1-2-3/h3-10,19,21,23-24H,11-14H2,1-2H3;4-11,17H,1-3H3;5-7H,2-4H2,1H3;2*3H2,1-2H3;3H,2H2,1H3. The van der Waals surface area contributed by atoms with Gasteiger partial charge in [-0.25, -0.2) is 0 Å². The zero-order chi connectivity index (χ0) is 46.0. The average molecular weight is 940 g/mol. The van der Waals surface area contributed by atoms with E-state index in [0.29, 0.717) is 22.9 Å². The van der Waals surface area contributed by atoms with Gasteiger partial charge in [0.2, 0.25) is 0 Å². The van der Waals surface area contributed by atoms with Crippen LogP contribution in [0.15, 0.2) is 97.1 Å². The van der Waals surface area contributed by atoms with E-state index in [9.17, 15) is 10.2 Å². The Morgan fingerprint density at radius 1 is 0.550 bits per heavy atom. The van der Waals surface area contributed by atoms with Gasteiger partial charge in [-0.05, 0) is 89.2 Å². The summed E-state index contributed by atoms with van der Waals surface area (Å²) >= 11 is 20.6. The molecule has 4 rings (SSSR count). The number of hydrogen-bond acceptors (Lipinski definition) is 11. The minimum atomic E-state index is -0.137. The van der Waals surface area contributed by atoms with Gasteiger partial charge < -0.3 is 24.8 Å². The number of aromatic hydroxyl groups is 2. The molecule has 0 saturated carbocycles. The zero-order valence-electron chi connectivity index (χ0n) is 38.2. The van der Waals surface area contributed by atoms with Gasteiger partial charge in [0.05, 0.1) is 7.11 Å². The lowest BCUT2D eigenvalue weighted by Crippen LogP contribution is -2.19. The Labute approximate surface area is 396 Å². The van der Waals surface area contributed by atoms with Crippen molar-refractivity contribution in [2.24, 2.45) is 0 Å². The lowest BCUT2D eigenvalue weighted by atomic mass is 9.78. The van der Waals surface area contributed by atoms with Crippen molar-refractivity contribution in [1.29, 1.82) is 0 Å². The maximum atomic E-state index is 9.48. The third-order valence-corrected chi connectivity index (χ3v) is 13.3. The molecule has 0 radical (unpaired) electrons. The molecule has 0 bridgehead atoms. The van der Waals surface area contributed by atoms with Crippen LogP contribution in [0.25, 0.3) is 0 Å². The van der Waals surface area contributed by atoms with E-state index in [2.05, 4.69) is 137 Å². The third-order valence-electron chi connectivity index (χ3n) is 8.40. The molecule has 340 valence electrons. The molecule has 0 aliphatic rings. The van der Waals surface area contributed by atoms with Crippen LogP contribution >= 0.6 is 74.0 Å². The summed E-state index contributed by atoms with van der Waals surface area (Å²) in [5.74, 6) is 8.09. The molecule has 0 amide bonds. The number of hydrogen-bond donors (Lipinski definition) is 7. The molecule has 3 N–H and O–H groups in total. The van der Waals surface area contributed by atoms with Gasteiger partial charge in [-0.2, -0.15) is 74.0 Å². The average Bonchev–Trinajstić information content (AvgIpc) is 3.24.